The van der Waals surface area contributed by atoms with Crippen molar-refractivity contribution < 1.29 is 4.42 Å². The first-order chi connectivity index (χ1) is 13.6. The first-order valence-electron chi connectivity index (χ1n) is 10.1. The van der Waals surface area contributed by atoms with E-state index in [0.29, 0.717) is 6.54 Å². The van der Waals surface area contributed by atoms with Crippen LogP contribution in [-0.4, -0.2) is 47.3 Å². The third-order valence-corrected chi connectivity index (χ3v) is 6.26. The van der Waals surface area contributed by atoms with Crippen LogP contribution in [0.25, 0.3) is 0 Å². The van der Waals surface area contributed by atoms with Crippen molar-refractivity contribution in [2.45, 2.75) is 37.6 Å². The molecule has 1 atom stereocenters. The lowest BCUT2D eigenvalue weighted by Crippen LogP contribution is -2.39. The second-order valence-corrected chi connectivity index (χ2v) is 8.83. The molecule has 3 rings (SSSR count). The molecule has 1 aromatic heterocycles. The zero-order chi connectivity index (χ0) is 19.8. The van der Waals surface area contributed by atoms with Crippen LogP contribution < -0.4 is 5.32 Å². The smallest absolute Gasteiger partial charge is 0.173 e. The van der Waals surface area contributed by atoms with E-state index >= 15 is 0 Å². The molecule has 1 aromatic carbocycles. The molecule has 0 aliphatic carbocycles. The van der Waals surface area contributed by atoms with Crippen LogP contribution in [0.5, 0.6) is 0 Å². The fourth-order valence-electron chi connectivity index (χ4n) is 3.72. The standard InChI is InChI=1S/C22H31N3OS2/c1-18-7-4-11-24(16-18)12-6-13-25(17-20-9-5-14-26-20)22(27)23-19-8-3-10-21(15-19)28-2/h3,5,8-10,14-15,18H,4,6-7,11-13,16-17H2,1-2H3,(H,23,27)/t18-/m1/s1. The number of rotatable bonds is 8. The summed E-state index contributed by atoms with van der Waals surface area (Å²) < 4.78 is 5.57. The van der Waals surface area contributed by atoms with Crippen molar-refractivity contribution in [3.05, 3.63) is 48.4 Å². The third-order valence-electron chi connectivity index (χ3n) is 5.18. The molecule has 1 aliphatic rings. The van der Waals surface area contributed by atoms with Crippen molar-refractivity contribution in [3.63, 3.8) is 0 Å². The number of benzene rings is 1. The number of hydrogen-bond acceptors (Lipinski definition) is 4. The molecule has 0 amide bonds. The Bertz CT molecular complexity index is 735. The maximum Gasteiger partial charge on any atom is 0.173 e. The van der Waals surface area contributed by atoms with E-state index in [0.717, 1.165) is 42.0 Å². The molecule has 4 nitrogen and oxygen atoms in total. The van der Waals surface area contributed by atoms with Crippen LogP contribution in [0, 0.1) is 5.92 Å². The average molecular weight is 418 g/mol. The van der Waals surface area contributed by atoms with E-state index in [1.807, 2.05) is 12.1 Å². The Labute approximate surface area is 178 Å². The van der Waals surface area contributed by atoms with Gasteiger partial charge in [-0.3, -0.25) is 0 Å². The van der Waals surface area contributed by atoms with Gasteiger partial charge in [-0.25, -0.2) is 0 Å². The summed E-state index contributed by atoms with van der Waals surface area (Å²) in [6.45, 7) is 7.55. The van der Waals surface area contributed by atoms with Gasteiger partial charge in [-0.05, 0) is 87.1 Å². The topological polar surface area (TPSA) is 31.6 Å². The Morgan fingerprint density at radius 1 is 1.36 bits per heavy atom. The van der Waals surface area contributed by atoms with Gasteiger partial charge in [-0.2, -0.15) is 0 Å². The van der Waals surface area contributed by atoms with Gasteiger partial charge in [0.05, 0.1) is 12.8 Å². The zero-order valence-corrected chi connectivity index (χ0v) is 18.5. The van der Waals surface area contributed by atoms with E-state index in [2.05, 4.69) is 52.6 Å². The van der Waals surface area contributed by atoms with Gasteiger partial charge in [0.2, 0.25) is 0 Å². The lowest BCUT2D eigenvalue weighted by atomic mass is 10.0. The molecular weight excluding hydrogens is 386 g/mol. The molecule has 152 valence electrons. The highest BCUT2D eigenvalue weighted by atomic mass is 32.2. The van der Waals surface area contributed by atoms with E-state index in [9.17, 15) is 0 Å². The number of anilines is 1. The second-order valence-electron chi connectivity index (χ2n) is 7.56. The molecule has 0 spiro atoms. The Hall–Kier alpha value is -1.50. The molecule has 1 N–H and O–H groups in total. The fraction of sp³-hybridized carbons (Fsp3) is 0.500. The van der Waals surface area contributed by atoms with Gasteiger partial charge < -0.3 is 19.5 Å². The first kappa shape index (κ1) is 21.2. The monoisotopic (exact) mass is 417 g/mol. The van der Waals surface area contributed by atoms with Crippen molar-refractivity contribution in [2.75, 3.05) is 37.8 Å². The number of likely N-dealkylation sites (tertiary alicyclic amines) is 1. The van der Waals surface area contributed by atoms with Crippen molar-refractivity contribution in [1.29, 1.82) is 0 Å². The largest absolute Gasteiger partial charge is 0.467 e. The molecule has 28 heavy (non-hydrogen) atoms. The maximum absolute atomic E-state index is 5.75. The van der Waals surface area contributed by atoms with Crippen LogP contribution in [0.15, 0.2) is 52.0 Å². The van der Waals surface area contributed by atoms with Crippen LogP contribution in [0.3, 0.4) is 0 Å². The highest BCUT2D eigenvalue weighted by Gasteiger charge is 2.17. The number of nitrogens with zero attached hydrogens (tertiary/aromatic N) is 2. The molecular formula is C22H31N3OS2. The zero-order valence-electron chi connectivity index (χ0n) is 16.9. The Morgan fingerprint density at radius 2 is 2.25 bits per heavy atom. The fourth-order valence-corrected chi connectivity index (χ4v) is 4.45. The summed E-state index contributed by atoms with van der Waals surface area (Å²) in [7, 11) is 0. The molecule has 1 aliphatic heterocycles. The first-order valence-corrected chi connectivity index (χ1v) is 11.7. The van der Waals surface area contributed by atoms with E-state index < -0.39 is 0 Å². The highest BCUT2D eigenvalue weighted by molar-refractivity contribution is 7.98. The predicted octanol–water partition coefficient (Wildman–Crippen LogP) is 5.32. The average Bonchev–Trinajstić information content (AvgIpc) is 3.20. The highest BCUT2D eigenvalue weighted by Crippen LogP contribution is 2.20. The predicted molar refractivity (Wildman–Crippen MR) is 123 cm³/mol. The molecule has 0 unspecified atom stereocenters. The Kier molecular flexibility index (Phi) is 8.25. The van der Waals surface area contributed by atoms with Crippen molar-refractivity contribution in [3.8, 4) is 0 Å². The molecule has 0 bridgehead atoms. The minimum Gasteiger partial charge on any atom is -0.467 e. The van der Waals surface area contributed by atoms with Crippen molar-refractivity contribution >= 4 is 34.8 Å². The molecule has 0 radical (unpaired) electrons. The quantitative estimate of drug-likeness (QED) is 0.462. The van der Waals surface area contributed by atoms with Crippen LogP contribution in [0.1, 0.15) is 31.9 Å². The molecule has 0 saturated carbocycles. The number of furan rings is 1. The van der Waals surface area contributed by atoms with E-state index in [4.69, 9.17) is 16.6 Å². The van der Waals surface area contributed by atoms with E-state index in [1.54, 1.807) is 18.0 Å². The number of thioether (sulfide) groups is 1. The summed E-state index contributed by atoms with van der Waals surface area (Å²) >= 11 is 7.49. The van der Waals surface area contributed by atoms with Crippen molar-refractivity contribution in [2.24, 2.45) is 5.92 Å². The van der Waals surface area contributed by atoms with Gasteiger partial charge >= 0.3 is 0 Å². The summed E-state index contributed by atoms with van der Waals surface area (Å²) in [4.78, 5) is 6.04. The summed E-state index contributed by atoms with van der Waals surface area (Å²) in [6.07, 6.45) is 7.59. The normalized spacial score (nSPS) is 17.4. The number of nitrogens with one attached hydrogen (secondary N) is 1. The Morgan fingerprint density at radius 3 is 3.00 bits per heavy atom. The summed E-state index contributed by atoms with van der Waals surface area (Å²) in [5, 5.41) is 4.16. The third kappa shape index (κ3) is 6.54. The van der Waals surface area contributed by atoms with Gasteiger partial charge in [-0.1, -0.05) is 13.0 Å². The van der Waals surface area contributed by atoms with Gasteiger partial charge in [0.1, 0.15) is 5.76 Å². The molecule has 1 saturated heterocycles. The van der Waals surface area contributed by atoms with Crippen LogP contribution in [-0.2, 0) is 6.54 Å². The van der Waals surface area contributed by atoms with Crippen LogP contribution >= 0.6 is 24.0 Å². The number of thiocarbonyl (C=S) groups is 1. The van der Waals surface area contributed by atoms with Gasteiger partial charge in [-0.15, -0.1) is 11.8 Å². The van der Waals surface area contributed by atoms with Crippen molar-refractivity contribution in [1.82, 2.24) is 9.80 Å². The Balaban J connectivity index is 1.58. The lowest BCUT2D eigenvalue weighted by Gasteiger charge is -2.32. The minimum absolute atomic E-state index is 0.692. The lowest BCUT2D eigenvalue weighted by molar-refractivity contribution is 0.177. The second kappa shape index (κ2) is 10.9. The van der Waals surface area contributed by atoms with E-state index in [1.165, 1.54) is 30.8 Å². The number of hydrogen-bond donors (Lipinski definition) is 1. The number of piperidine rings is 1. The van der Waals surface area contributed by atoms with E-state index in [-0.39, 0.29) is 0 Å². The maximum atomic E-state index is 5.75. The van der Waals surface area contributed by atoms with Gasteiger partial charge in [0.15, 0.2) is 5.11 Å². The molecule has 2 heterocycles. The van der Waals surface area contributed by atoms with Crippen LogP contribution in [0.4, 0.5) is 5.69 Å². The molecule has 2 aromatic rings. The minimum atomic E-state index is 0.692. The molecule has 1 fully saturated rings. The van der Waals surface area contributed by atoms with Gasteiger partial charge in [0.25, 0.3) is 0 Å². The summed E-state index contributed by atoms with van der Waals surface area (Å²) in [5.74, 6) is 1.76. The summed E-state index contributed by atoms with van der Waals surface area (Å²) in [6, 6.07) is 12.3. The molecule has 6 heteroatoms. The SMILES string of the molecule is CSc1cccc(NC(=S)N(CCCN2CCC[C@@H](C)C2)Cc2ccco2)c1. The van der Waals surface area contributed by atoms with Gasteiger partial charge in [0, 0.05) is 23.7 Å². The van der Waals surface area contributed by atoms with Crippen LogP contribution in [0.2, 0.25) is 0 Å². The summed E-state index contributed by atoms with van der Waals surface area (Å²) in [5.41, 5.74) is 1.03.